The molecule has 21 heavy (non-hydrogen) atoms. The molecule has 0 aliphatic heterocycles. The maximum Gasteiger partial charge on any atom is 0.303 e. The summed E-state index contributed by atoms with van der Waals surface area (Å²) in [6.45, 7) is 0.280. The zero-order valence-corrected chi connectivity index (χ0v) is 12.2. The van der Waals surface area contributed by atoms with Gasteiger partial charge in [0.1, 0.15) is 0 Å². The van der Waals surface area contributed by atoms with Gasteiger partial charge in [-0.1, -0.05) is 12.1 Å². The second-order valence-corrected chi connectivity index (χ2v) is 6.13. The first-order chi connectivity index (χ1) is 9.79. The molecule has 0 radical (unpaired) electrons. The molecule has 0 saturated heterocycles. The lowest BCUT2D eigenvalue weighted by Gasteiger charge is -2.06. The number of carboxylic acid groups (broad SMARTS) is 1. The van der Waals surface area contributed by atoms with Gasteiger partial charge >= 0.3 is 5.97 Å². The van der Waals surface area contributed by atoms with Gasteiger partial charge in [0.05, 0.1) is 4.90 Å². The number of nitrogens with two attached hydrogens (primary N) is 1. The van der Waals surface area contributed by atoms with Crippen LogP contribution >= 0.6 is 0 Å². The van der Waals surface area contributed by atoms with Gasteiger partial charge in [0, 0.05) is 19.4 Å². The van der Waals surface area contributed by atoms with Crippen LogP contribution < -0.4 is 10.5 Å². The highest BCUT2D eigenvalue weighted by molar-refractivity contribution is 7.89. The zero-order valence-electron chi connectivity index (χ0n) is 11.4. The third-order valence-corrected chi connectivity index (χ3v) is 3.72. The van der Waals surface area contributed by atoms with Crippen LogP contribution in [0.2, 0.25) is 0 Å². The first-order valence-electron chi connectivity index (χ1n) is 6.39. The minimum atomic E-state index is -3.71. The topological polar surface area (TPSA) is 127 Å². The largest absolute Gasteiger partial charge is 0.481 e. The molecule has 0 heterocycles. The fraction of sp³-hybridized carbons (Fsp3) is 0.385. The summed E-state index contributed by atoms with van der Waals surface area (Å²) in [5, 5.41) is 16.1. The molecular formula is C13H18N2O5S. The number of carbonyl (C=O) groups excluding carboxylic acids is 1. The van der Waals surface area contributed by atoms with E-state index >= 15 is 0 Å². The van der Waals surface area contributed by atoms with Crippen molar-refractivity contribution in [3.05, 3.63) is 29.8 Å². The van der Waals surface area contributed by atoms with Crippen molar-refractivity contribution >= 4 is 21.9 Å². The molecule has 0 spiro atoms. The summed E-state index contributed by atoms with van der Waals surface area (Å²) in [6, 6.07) is 5.91. The number of carbonyl (C=O) groups is 2. The lowest BCUT2D eigenvalue weighted by Crippen LogP contribution is -2.22. The molecular weight excluding hydrogens is 296 g/mol. The fourth-order valence-corrected chi connectivity index (χ4v) is 2.16. The smallest absolute Gasteiger partial charge is 0.303 e. The van der Waals surface area contributed by atoms with E-state index in [4.69, 9.17) is 10.2 Å². The van der Waals surface area contributed by atoms with Crippen molar-refractivity contribution in [2.24, 2.45) is 5.14 Å². The molecule has 4 N–H and O–H groups in total. The van der Waals surface area contributed by atoms with E-state index in [0.717, 1.165) is 5.56 Å². The maximum absolute atomic E-state index is 11.5. The van der Waals surface area contributed by atoms with Gasteiger partial charge in [-0.25, -0.2) is 13.6 Å². The number of rotatable bonds is 8. The maximum atomic E-state index is 11.5. The highest BCUT2D eigenvalue weighted by atomic mass is 32.2. The Morgan fingerprint density at radius 2 is 1.67 bits per heavy atom. The highest BCUT2D eigenvalue weighted by Gasteiger charge is 2.07. The van der Waals surface area contributed by atoms with E-state index in [1.807, 2.05) is 0 Å². The number of unbranched alkanes of at least 4 members (excludes halogenated alkanes) is 1. The van der Waals surface area contributed by atoms with Gasteiger partial charge in [0.15, 0.2) is 0 Å². The Bertz CT molecular complexity index is 595. The first-order valence-corrected chi connectivity index (χ1v) is 7.94. The lowest BCUT2D eigenvalue weighted by atomic mass is 10.2. The van der Waals surface area contributed by atoms with Gasteiger partial charge in [-0.2, -0.15) is 0 Å². The molecule has 1 amide bonds. The lowest BCUT2D eigenvalue weighted by molar-refractivity contribution is -0.137. The average molecular weight is 314 g/mol. The summed E-state index contributed by atoms with van der Waals surface area (Å²) in [4.78, 5) is 21.8. The summed E-state index contributed by atoms with van der Waals surface area (Å²) in [7, 11) is -3.71. The monoisotopic (exact) mass is 314 g/mol. The van der Waals surface area contributed by atoms with Gasteiger partial charge in [0.2, 0.25) is 15.9 Å². The van der Waals surface area contributed by atoms with Crippen LogP contribution in [0, 0.1) is 0 Å². The van der Waals surface area contributed by atoms with E-state index < -0.39 is 16.0 Å². The normalized spacial score (nSPS) is 11.1. The van der Waals surface area contributed by atoms with Crippen LogP contribution in [0.5, 0.6) is 0 Å². The molecule has 116 valence electrons. The Morgan fingerprint density at radius 1 is 1.10 bits per heavy atom. The van der Waals surface area contributed by atoms with E-state index in [-0.39, 0.29) is 30.2 Å². The van der Waals surface area contributed by atoms with E-state index in [9.17, 15) is 18.0 Å². The highest BCUT2D eigenvalue weighted by Crippen LogP contribution is 2.08. The number of nitrogens with one attached hydrogen (secondary N) is 1. The predicted molar refractivity (Wildman–Crippen MR) is 75.8 cm³/mol. The van der Waals surface area contributed by atoms with Crippen molar-refractivity contribution in [3.8, 4) is 0 Å². The summed E-state index contributed by atoms with van der Waals surface area (Å²) in [6.07, 6.45) is 1.30. The van der Waals surface area contributed by atoms with Crippen LogP contribution in [-0.4, -0.2) is 25.4 Å². The van der Waals surface area contributed by atoms with Crippen molar-refractivity contribution in [2.45, 2.75) is 37.1 Å². The number of hydrogen-bond acceptors (Lipinski definition) is 4. The number of primary sulfonamides is 1. The van der Waals surface area contributed by atoms with Crippen LogP contribution in [0.3, 0.4) is 0 Å². The Balaban J connectivity index is 2.35. The first kappa shape index (κ1) is 17.1. The van der Waals surface area contributed by atoms with Gasteiger partial charge in [-0.3, -0.25) is 9.59 Å². The third-order valence-electron chi connectivity index (χ3n) is 2.79. The number of benzene rings is 1. The number of amides is 1. The standard InChI is InChI=1S/C13H18N2O5S/c14-21(19,20)11-7-5-10(6-8-11)9-15-12(16)3-1-2-4-13(17)18/h5-8H,1-4,9H2,(H,15,16)(H,17,18)(H2,14,19,20). The van der Waals surface area contributed by atoms with E-state index in [1.54, 1.807) is 12.1 Å². The number of hydrogen-bond donors (Lipinski definition) is 3. The number of sulfonamides is 1. The Morgan fingerprint density at radius 3 is 2.19 bits per heavy atom. The van der Waals surface area contributed by atoms with Gasteiger partial charge in [-0.15, -0.1) is 0 Å². The minimum Gasteiger partial charge on any atom is -0.481 e. The summed E-state index contributed by atoms with van der Waals surface area (Å²) in [5.41, 5.74) is 0.751. The van der Waals surface area contributed by atoms with Crippen molar-refractivity contribution in [1.29, 1.82) is 0 Å². The summed E-state index contributed by atoms with van der Waals surface area (Å²) in [5.74, 6) is -1.04. The third kappa shape index (κ3) is 6.87. The van der Waals surface area contributed by atoms with Crippen molar-refractivity contribution in [2.75, 3.05) is 0 Å². The predicted octanol–water partition coefficient (Wildman–Crippen LogP) is 0.595. The van der Waals surface area contributed by atoms with Crippen molar-refractivity contribution < 1.29 is 23.1 Å². The SMILES string of the molecule is NS(=O)(=O)c1ccc(CNC(=O)CCCCC(=O)O)cc1. The Labute approximate surface area is 123 Å². The fourth-order valence-electron chi connectivity index (χ4n) is 1.65. The van der Waals surface area contributed by atoms with Crippen LogP contribution in [0.4, 0.5) is 0 Å². The Hall–Kier alpha value is -1.93. The van der Waals surface area contributed by atoms with Gasteiger partial charge < -0.3 is 10.4 Å². The number of carboxylic acids is 1. The van der Waals surface area contributed by atoms with Crippen LogP contribution in [0.25, 0.3) is 0 Å². The Kier molecular flexibility index (Phi) is 6.32. The van der Waals surface area contributed by atoms with Gasteiger partial charge in [0.25, 0.3) is 0 Å². The molecule has 0 aliphatic rings. The minimum absolute atomic E-state index is 0.0197. The van der Waals surface area contributed by atoms with Crippen LogP contribution in [-0.2, 0) is 26.2 Å². The molecule has 0 aromatic heterocycles. The molecule has 8 heteroatoms. The van der Waals surface area contributed by atoms with Crippen LogP contribution in [0.15, 0.2) is 29.2 Å². The summed E-state index contributed by atoms with van der Waals surface area (Å²) < 4.78 is 22.1. The summed E-state index contributed by atoms with van der Waals surface area (Å²) >= 11 is 0. The second kappa shape index (κ2) is 7.75. The van der Waals surface area contributed by atoms with Crippen molar-refractivity contribution in [1.82, 2.24) is 5.32 Å². The molecule has 0 atom stereocenters. The van der Waals surface area contributed by atoms with E-state index in [2.05, 4.69) is 5.32 Å². The molecule has 0 aliphatic carbocycles. The molecule has 1 rings (SSSR count). The molecule has 0 fully saturated rings. The molecule has 7 nitrogen and oxygen atoms in total. The molecule has 1 aromatic rings. The van der Waals surface area contributed by atoms with Crippen molar-refractivity contribution in [3.63, 3.8) is 0 Å². The molecule has 0 unspecified atom stereocenters. The van der Waals surface area contributed by atoms with Gasteiger partial charge in [-0.05, 0) is 30.5 Å². The zero-order chi connectivity index (χ0) is 15.9. The molecule has 0 bridgehead atoms. The van der Waals surface area contributed by atoms with Crippen LogP contribution in [0.1, 0.15) is 31.2 Å². The number of aliphatic carboxylic acids is 1. The molecule has 1 aromatic carbocycles. The van der Waals surface area contributed by atoms with E-state index in [0.29, 0.717) is 12.8 Å². The second-order valence-electron chi connectivity index (χ2n) is 4.57. The average Bonchev–Trinajstić information content (AvgIpc) is 2.40. The molecule has 0 saturated carbocycles. The quantitative estimate of drug-likeness (QED) is 0.605. The van der Waals surface area contributed by atoms with E-state index in [1.165, 1.54) is 12.1 Å².